The Labute approximate surface area is 138 Å². The standard InChI is InChI=1S/C17H13Cl2N3/c1-11-16(12-6-8-14(18)9-7-12)17(22-21-11)20-10-13-4-2-3-5-15(13)19/h2-10H,1H3,(H,21,22). The molecule has 0 spiro atoms. The van der Waals surface area contributed by atoms with Crippen LogP contribution in [0.3, 0.4) is 0 Å². The summed E-state index contributed by atoms with van der Waals surface area (Å²) >= 11 is 12.1. The molecule has 0 saturated carbocycles. The Kier molecular flexibility index (Phi) is 4.27. The second kappa shape index (κ2) is 6.34. The number of hydrogen-bond acceptors (Lipinski definition) is 2. The molecule has 0 aliphatic heterocycles. The summed E-state index contributed by atoms with van der Waals surface area (Å²) in [5.41, 5.74) is 3.78. The molecule has 0 amide bonds. The highest BCUT2D eigenvalue weighted by atomic mass is 35.5. The zero-order valence-electron chi connectivity index (χ0n) is 11.8. The van der Waals surface area contributed by atoms with E-state index in [1.807, 2.05) is 55.5 Å². The van der Waals surface area contributed by atoms with Crippen molar-refractivity contribution in [2.24, 2.45) is 4.99 Å². The second-order valence-corrected chi connectivity index (χ2v) is 5.68. The predicted octanol–water partition coefficient (Wildman–Crippen LogP) is 5.44. The molecule has 0 saturated heterocycles. The molecule has 5 heteroatoms. The van der Waals surface area contributed by atoms with Crippen molar-refractivity contribution in [1.82, 2.24) is 10.2 Å². The van der Waals surface area contributed by atoms with Gasteiger partial charge in [-0.3, -0.25) is 5.10 Å². The number of nitrogens with zero attached hydrogens (tertiary/aromatic N) is 2. The lowest BCUT2D eigenvalue weighted by Crippen LogP contribution is -1.83. The maximum absolute atomic E-state index is 6.14. The summed E-state index contributed by atoms with van der Waals surface area (Å²) in [5.74, 6) is 0.625. The molecule has 110 valence electrons. The van der Waals surface area contributed by atoms with E-state index in [1.54, 1.807) is 6.21 Å². The molecule has 0 bridgehead atoms. The van der Waals surface area contributed by atoms with Gasteiger partial charge in [-0.05, 0) is 30.7 Å². The van der Waals surface area contributed by atoms with Gasteiger partial charge in [0.25, 0.3) is 0 Å². The van der Waals surface area contributed by atoms with Gasteiger partial charge in [0.15, 0.2) is 5.82 Å². The summed E-state index contributed by atoms with van der Waals surface area (Å²) in [6, 6.07) is 15.2. The first-order valence-electron chi connectivity index (χ1n) is 6.74. The van der Waals surface area contributed by atoms with Gasteiger partial charge in [0, 0.05) is 33.1 Å². The van der Waals surface area contributed by atoms with Gasteiger partial charge in [-0.15, -0.1) is 0 Å². The minimum absolute atomic E-state index is 0.625. The lowest BCUT2D eigenvalue weighted by molar-refractivity contribution is 1.04. The third-order valence-corrected chi connectivity index (χ3v) is 3.89. The van der Waals surface area contributed by atoms with Gasteiger partial charge in [0.2, 0.25) is 0 Å². The van der Waals surface area contributed by atoms with Gasteiger partial charge < -0.3 is 0 Å². The molecule has 22 heavy (non-hydrogen) atoms. The number of aromatic nitrogens is 2. The number of nitrogens with one attached hydrogen (secondary N) is 1. The van der Waals surface area contributed by atoms with E-state index in [4.69, 9.17) is 23.2 Å². The van der Waals surface area contributed by atoms with Gasteiger partial charge >= 0.3 is 0 Å². The number of aryl methyl sites for hydroxylation is 1. The van der Waals surface area contributed by atoms with Crippen LogP contribution in [0, 0.1) is 6.92 Å². The molecule has 3 aromatic rings. The molecule has 3 nitrogen and oxygen atoms in total. The van der Waals surface area contributed by atoms with E-state index in [-0.39, 0.29) is 0 Å². The van der Waals surface area contributed by atoms with Crippen LogP contribution < -0.4 is 0 Å². The first-order chi connectivity index (χ1) is 10.6. The van der Waals surface area contributed by atoms with Gasteiger partial charge in [0.05, 0.1) is 0 Å². The average molecular weight is 330 g/mol. The smallest absolute Gasteiger partial charge is 0.181 e. The number of rotatable bonds is 3. The zero-order valence-corrected chi connectivity index (χ0v) is 13.4. The Balaban J connectivity index is 1.99. The van der Waals surface area contributed by atoms with Crippen molar-refractivity contribution in [3.8, 4) is 11.1 Å². The largest absolute Gasteiger partial charge is 0.280 e. The summed E-state index contributed by atoms with van der Waals surface area (Å²) < 4.78 is 0. The van der Waals surface area contributed by atoms with Crippen molar-refractivity contribution >= 4 is 35.2 Å². The minimum atomic E-state index is 0.625. The van der Waals surface area contributed by atoms with E-state index >= 15 is 0 Å². The summed E-state index contributed by atoms with van der Waals surface area (Å²) in [5, 5.41) is 8.59. The van der Waals surface area contributed by atoms with E-state index in [0.717, 1.165) is 22.4 Å². The van der Waals surface area contributed by atoms with Crippen LogP contribution in [0.15, 0.2) is 53.5 Å². The molecule has 0 atom stereocenters. The van der Waals surface area contributed by atoms with Gasteiger partial charge in [-0.1, -0.05) is 53.5 Å². The first-order valence-corrected chi connectivity index (χ1v) is 7.50. The van der Waals surface area contributed by atoms with E-state index in [1.165, 1.54) is 0 Å². The highest BCUT2D eigenvalue weighted by molar-refractivity contribution is 6.33. The molecular weight excluding hydrogens is 317 g/mol. The quantitative estimate of drug-likeness (QED) is 0.638. The monoisotopic (exact) mass is 329 g/mol. The Morgan fingerprint density at radius 3 is 2.50 bits per heavy atom. The maximum Gasteiger partial charge on any atom is 0.181 e. The molecular formula is C17H13Cl2N3. The number of aliphatic imine (C=N–C) groups is 1. The zero-order chi connectivity index (χ0) is 15.5. The summed E-state index contributed by atoms with van der Waals surface area (Å²) in [6.45, 7) is 1.96. The molecule has 2 aromatic carbocycles. The van der Waals surface area contributed by atoms with Crippen LogP contribution in [0.5, 0.6) is 0 Å². The van der Waals surface area contributed by atoms with Crippen molar-refractivity contribution in [1.29, 1.82) is 0 Å². The van der Waals surface area contributed by atoms with Gasteiger partial charge in [0.1, 0.15) is 0 Å². The van der Waals surface area contributed by atoms with Gasteiger partial charge in [-0.25, -0.2) is 4.99 Å². The third-order valence-electron chi connectivity index (χ3n) is 3.29. The normalized spacial score (nSPS) is 11.2. The van der Waals surface area contributed by atoms with Crippen LogP contribution in [0.25, 0.3) is 11.1 Å². The highest BCUT2D eigenvalue weighted by Gasteiger charge is 2.11. The van der Waals surface area contributed by atoms with Crippen LogP contribution in [-0.2, 0) is 0 Å². The highest BCUT2D eigenvalue weighted by Crippen LogP contribution is 2.32. The number of aromatic amines is 1. The molecule has 0 fully saturated rings. The fourth-order valence-corrected chi connectivity index (χ4v) is 2.49. The SMILES string of the molecule is Cc1[nH]nc(N=Cc2ccccc2Cl)c1-c1ccc(Cl)cc1. The van der Waals surface area contributed by atoms with Crippen LogP contribution >= 0.6 is 23.2 Å². The fraction of sp³-hybridized carbons (Fsp3) is 0.0588. The topological polar surface area (TPSA) is 41.0 Å². The van der Waals surface area contributed by atoms with Crippen molar-refractivity contribution in [3.63, 3.8) is 0 Å². The van der Waals surface area contributed by atoms with E-state index in [0.29, 0.717) is 15.9 Å². The molecule has 0 radical (unpaired) electrons. The number of H-pyrrole nitrogens is 1. The van der Waals surface area contributed by atoms with Crippen molar-refractivity contribution in [2.45, 2.75) is 6.92 Å². The van der Waals surface area contributed by atoms with Crippen molar-refractivity contribution in [3.05, 3.63) is 69.8 Å². The Morgan fingerprint density at radius 2 is 1.77 bits per heavy atom. The summed E-state index contributed by atoms with van der Waals surface area (Å²) in [4.78, 5) is 4.47. The van der Waals surface area contributed by atoms with E-state index in [2.05, 4.69) is 15.2 Å². The van der Waals surface area contributed by atoms with Crippen molar-refractivity contribution in [2.75, 3.05) is 0 Å². The van der Waals surface area contributed by atoms with Gasteiger partial charge in [-0.2, -0.15) is 5.10 Å². The second-order valence-electron chi connectivity index (χ2n) is 4.83. The maximum atomic E-state index is 6.14. The van der Waals surface area contributed by atoms with E-state index in [9.17, 15) is 0 Å². The van der Waals surface area contributed by atoms with Crippen LogP contribution in [0.1, 0.15) is 11.3 Å². The van der Waals surface area contributed by atoms with Crippen LogP contribution in [-0.4, -0.2) is 16.4 Å². The Hall–Kier alpha value is -2.10. The molecule has 1 N–H and O–H groups in total. The van der Waals surface area contributed by atoms with Crippen molar-refractivity contribution < 1.29 is 0 Å². The molecule has 0 unspecified atom stereocenters. The number of hydrogen-bond donors (Lipinski definition) is 1. The lowest BCUT2D eigenvalue weighted by atomic mass is 10.1. The summed E-state index contributed by atoms with van der Waals surface area (Å²) in [6.07, 6.45) is 1.72. The molecule has 1 heterocycles. The minimum Gasteiger partial charge on any atom is -0.280 e. The molecule has 0 aliphatic rings. The van der Waals surface area contributed by atoms with E-state index < -0.39 is 0 Å². The van der Waals surface area contributed by atoms with Crippen LogP contribution in [0.2, 0.25) is 10.0 Å². The number of benzene rings is 2. The first kappa shape index (κ1) is 14.8. The Morgan fingerprint density at radius 1 is 1.05 bits per heavy atom. The molecule has 3 rings (SSSR count). The average Bonchev–Trinajstić information content (AvgIpc) is 2.88. The molecule has 1 aromatic heterocycles. The fourth-order valence-electron chi connectivity index (χ4n) is 2.18. The summed E-state index contributed by atoms with van der Waals surface area (Å²) in [7, 11) is 0. The Bertz CT molecular complexity index is 820. The third kappa shape index (κ3) is 3.06. The lowest BCUT2D eigenvalue weighted by Gasteiger charge is -2.02. The molecule has 0 aliphatic carbocycles. The predicted molar refractivity (Wildman–Crippen MR) is 92.5 cm³/mol. The number of halogens is 2. The van der Waals surface area contributed by atoms with Crippen LogP contribution in [0.4, 0.5) is 5.82 Å².